The number of nitrogens with zero attached hydrogens (tertiary/aromatic N) is 4. The maximum atomic E-state index is 13.4. The average Bonchev–Trinajstić information content (AvgIpc) is 3.43. The zero-order valence-electron chi connectivity index (χ0n) is 17.0. The van der Waals surface area contributed by atoms with Crippen LogP contribution in [0.1, 0.15) is 45.7 Å². The number of rotatable bonds is 5. The molecule has 0 unspecified atom stereocenters. The lowest BCUT2D eigenvalue weighted by atomic mass is 10.0. The number of hydrogen-bond acceptors (Lipinski definition) is 6. The van der Waals surface area contributed by atoms with Gasteiger partial charge in [-0.2, -0.15) is 18.3 Å². The summed E-state index contributed by atoms with van der Waals surface area (Å²) in [6, 6.07) is 7.39. The van der Waals surface area contributed by atoms with Crippen molar-refractivity contribution < 1.29 is 22.7 Å². The Kier molecular flexibility index (Phi) is 4.96. The SMILES string of the molecule is Nc1nc2ccc(C(=O)N(Cc3ccc(C(F)(F)F)nn3)CC3CC3)cc2c2c1COC2. The summed E-state index contributed by atoms with van der Waals surface area (Å²) in [5.41, 5.74) is 8.20. The van der Waals surface area contributed by atoms with Crippen LogP contribution in [0, 0.1) is 5.92 Å². The van der Waals surface area contributed by atoms with Crippen molar-refractivity contribution >= 4 is 22.6 Å². The second-order valence-corrected chi connectivity index (χ2v) is 8.22. The van der Waals surface area contributed by atoms with Gasteiger partial charge in [-0.3, -0.25) is 4.79 Å². The standard InChI is InChI=1S/C22H20F3N5O2/c23-22(24,25)19-6-4-14(28-29-19)9-30(8-12-1-2-12)21(31)13-3-5-18-15(7-13)16-10-32-11-17(16)20(26)27-18/h3-7,12H,1-2,8-11H2,(H2,26,27). The number of hydrogen-bond donors (Lipinski definition) is 1. The molecule has 0 bridgehead atoms. The number of nitrogen functional groups attached to an aromatic ring is 1. The topological polar surface area (TPSA) is 94.2 Å². The van der Waals surface area contributed by atoms with Gasteiger partial charge >= 0.3 is 6.18 Å². The van der Waals surface area contributed by atoms with E-state index in [-0.39, 0.29) is 12.5 Å². The van der Waals surface area contributed by atoms with Gasteiger partial charge in [0.1, 0.15) is 5.82 Å². The van der Waals surface area contributed by atoms with Crippen molar-refractivity contribution in [3.8, 4) is 0 Å². The third kappa shape index (κ3) is 3.97. The molecule has 2 aromatic heterocycles. The molecule has 3 heterocycles. The number of anilines is 1. The zero-order chi connectivity index (χ0) is 22.5. The number of halogens is 3. The van der Waals surface area contributed by atoms with E-state index >= 15 is 0 Å². The molecule has 166 valence electrons. The van der Waals surface area contributed by atoms with E-state index in [0.29, 0.717) is 48.3 Å². The summed E-state index contributed by atoms with van der Waals surface area (Å²) in [5, 5.41) is 7.78. The Hall–Kier alpha value is -3.27. The van der Waals surface area contributed by atoms with Crippen LogP contribution in [0.4, 0.5) is 19.0 Å². The number of alkyl halides is 3. The Bertz CT molecular complexity index is 1190. The maximum Gasteiger partial charge on any atom is 0.435 e. The molecular weight excluding hydrogens is 423 g/mol. The minimum absolute atomic E-state index is 0.0830. The molecule has 1 aliphatic carbocycles. The van der Waals surface area contributed by atoms with Crippen LogP contribution in [0.15, 0.2) is 30.3 Å². The van der Waals surface area contributed by atoms with Crippen LogP contribution in [-0.4, -0.2) is 32.5 Å². The number of benzene rings is 1. The van der Waals surface area contributed by atoms with Gasteiger partial charge in [0.15, 0.2) is 5.69 Å². The molecule has 2 N–H and O–H groups in total. The van der Waals surface area contributed by atoms with Crippen molar-refractivity contribution in [2.24, 2.45) is 5.92 Å². The van der Waals surface area contributed by atoms with E-state index in [2.05, 4.69) is 15.2 Å². The molecule has 0 atom stereocenters. The van der Waals surface area contributed by atoms with Crippen molar-refractivity contribution in [3.05, 3.63) is 58.4 Å². The van der Waals surface area contributed by atoms with Crippen molar-refractivity contribution in [3.63, 3.8) is 0 Å². The normalized spacial score (nSPS) is 15.7. The summed E-state index contributed by atoms with van der Waals surface area (Å²) in [4.78, 5) is 19.4. The summed E-state index contributed by atoms with van der Waals surface area (Å²) in [6.07, 6.45) is -2.51. The first-order valence-electron chi connectivity index (χ1n) is 10.3. The number of pyridine rings is 1. The second kappa shape index (κ2) is 7.70. The molecule has 1 aromatic carbocycles. The number of carbonyl (C=O) groups is 1. The lowest BCUT2D eigenvalue weighted by Gasteiger charge is -2.22. The van der Waals surface area contributed by atoms with Gasteiger partial charge in [-0.1, -0.05) is 0 Å². The number of aromatic nitrogens is 3. The smallest absolute Gasteiger partial charge is 0.383 e. The third-order valence-electron chi connectivity index (χ3n) is 5.80. The predicted molar refractivity (Wildman–Crippen MR) is 109 cm³/mol. The Morgan fingerprint density at radius 2 is 1.91 bits per heavy atom. The van der Waals surface area contributed by atoms with Crippen LogP contribution < -0.4 is 5.73 Å². The molecule has 0 radical (unpaired) electrons. The summed E-state index contributed by atoms with van der Waals surface area (Å²) >= 11 is 0. The van der Waals surface area contributed by atoms with E-state index in [1.54, 1.807) is 23.1 Å². The molecule has 0 spiro atoms. The van der Waals surface area contributed by atoms with Crippen molar-refractivity contribution in [2.75, 3.05) is 12.3 Å². The predicted octanol–water partition coefficient (Wildman–Crippen LogP) is 3.71. The molecule has 32 heavy (non-hydrogen) atoms. The summed E-state index contributed by atoms with van der Waals surface area (Å²) < 4.78 is 43.8. The van der Waals surface area contributed by atoms with E-state index in [1.165, 1.54) is 6.07 Å². The highest BCUT2D eigenvalue weighted by atomic mass is 19.4. The highest BCUT2D eigenvalue weighted by molar-refractivity contribution is 5.99. The first-order valence-corrected chi connectivity index (χ1v) is 10.3. The Labute approximate surface area is 181 Å². The number of ether oxygens (including phenoxy) is 1. The zero-order valence-corrected chi connectivity index (χ0v) is 17.0. The molecule has 2 aliphatic rings. The molecule has 1 amide bonds. The minimum atomic E-state index is -4.55. The first kappa shape index (κ1) is 20.6. The van der Waals surface area contributed by atoms with E-state index < -0.39 is 11.9 Å². The molecular formula is C22H20F3N5O2. The van der Waals surface area contributed by atoms with E-state index in [1.807, 2.05) is 0 Å². The number of amides is 1. The quantitative estimate of drug-likeness (QED) is 0.646. The molecule has 0 saturated heterocycles. The largest absolute Gasteiger partial charge is 0.435 e. The fourth-order valence-corrected chi connectivity index (χ4v) is 3.91. The molecule has 1 aliphatic heterocycles. The van der Waals surface area contributed by atoms with Gasteiger partial charge in [-0.15, -0.1) is 5.10 Å². The van der Waals surface area contributed by atoms with Crippen LogP contribution >= 0.6 is 0 Å². The summed E-state index contributed by atoms with van der Waals surface area (Å²) in [6.45, 7) is 1.40. The van der Waals surface area contributed by atoms with Gasteiger partial charge in [0.2, 0.25) is 0 Å². The van der Waals surface area contributed by atoms with Crippen molar-refractivity contribution in [1.82, 2.24) is 20.1 Å². The highest BCUT2D eigenvalue weighted by Crippen LogP contribution is 2.33. The van der Waals surface area contributed by atoms with E-state index in [9.17, 15) is 18.0 Å². The summed E-state index contributed by atoms with van der Waals surface area (Å²) in [7, 11) is 0. The second-order valence-electron chi connectivity index (χ2n) is 8.22. The Balaban J connectivity index is 1.44. The number of fused-ring (bicyclic) bond motifs is 3. The summed E-state index contributed by atoms with van der Waals surface area (Å²) in [5.74, 6) is 0.603. The van der Waals surface area contributed by atoms with Gasteiger partial charge in [0, 0.05) is 23.1 Å². The van der Waals surface area contributed by atoms with Gasteiger partial charge in [-0.25, -0.2) is 4.98 Å². The van der Waals surface area contributed by atoms with Crippen LogP contribution in [0.2, 0.25) is 0 Å². The average molecular weight is 443 g/mol. The van der Waals surface area contributed by atoms with Crippen molar-refractivity contribution in [1.29, 1.82) is 0 Å². The first-order chi connectivity index (χ1) is 15.3. The molecule has 10 heteroatoms. The molecule has 1 saturated carbocycles. The molecule has 1 fully saturated rings. The highest BCUT2D eigenvalue weighted by Gasteiger charge is 2.33. The van der Waals surface area contributed by atoms with Gasteiger partial charge < -0.3 is 15.4 Å². The molecule has 7 nitrogen and oxygen atoms in total. The van der Waals surface area contributed by atoms with Crippen LogP contribution in [0.5, 0.6) is 0 Å². The third-order valence-corrected chi connectivity index (χ3v) is 5.80. The Morgan fingerprint density at radius 3 is 2.59 bits per heavy atom. The number of nitrogens with two attached hydrogens (primary N) is 1. The minimum Gasteiger partial charge on any atom is -0.383 e. The molecule has 5 rings (SSSR count). The van der Waals surface area contributed by atoms with Gasteiger partial charge in [0.25, 0.3) is 5.91 Å². The fourth-order valence-electron chi connectivity index (χ4n) is 3.91. The van der Waals surface area contributed by atoms with E-state index in [0.717, 1.165) is 35.4 Å². The lowest BCUT2D eigenvalue weighted by Crippen LogP contribution is -2.33. The molecule has 3 aromatic rings. The Morgan fingerprint density at radius 1 is 1.12 bits per heavy atom. The van der Waals surface area contributed by atoms with Crippen LogP contribution in [-0.2, 0) is 30.7 Å². The maximum absolute atomic E-state index is 13.4. The van der Waals surface area contributed by atoms with Crippen LogP contribution in [0.3, 0.4) is 0 Å². The van der Waals surface area contributed by atoms with E-state index in [4.69, 9.17) is 10.5 Å². The van der Waals surface area contributed by atoms with Gasteiger partial charge in [0.05, 0.1) is 31.0 Å². The monoisotopic (exact) mass is 443 g/mol. The van der Waals surface area contributed by atoms with Gasteiger partial charge in [-0.05, 0) is 54.7 Å². The number of carbonyl (C=O) groups excluding carboxylic acids is 1. The van der Waals surface area contributed by atoms with Crippen LogP contribution in [0.25, 0.3) is 10.9 Å². The van der Waals surface area contributed by atoms with Crippen molar-refractivity contribution in [2.45, 2.75) is 38.8 Å². The fraction of sp³-hybridized carbons (Fsp3) is 0.364. The lowest BCUT2D eigenvalue weighted by molar-refractivity contribution is -0.141.